The summed E-state index contributed by atoms with van der Waals surface area (Å²) in [6, 6.07) is -0.178. The van der Waals surface area contributed by atoms with Crippen LogP contribution in [0.3, 0.4) is 0 Å². The van der Waals surface area contributed by atoms with E-state index in [0.717, 1.165) is 32.4 Å². The molecule has 1 aliphatic heterocycles. The zero-order valence-electron chi connectivity index (χ0n) is 13.9. The first-order valence-corrected chi connectivity index (χ1v) is 8.42. The molecule has 1 saturated heterocycles. The molecule has 2 N–H and O–H groups in total. The normalized spacial score (nSPS) is 33.2. The number of carbonyl (C=O) groups excluding carboxylic acids is 2. The average Bonchev–Trinajstić information content (AvgIpc) is 2.39. The van der Waals surface area contributed by atoms with E-state index in [4.69, 9.17) is 4.74 Å². The Hall–Kier alpha value is -1.14. The van der Waals surface area contributed by atoms with Crippen LogP contribution in [0.1, 0.15) is 46.5 Å². The van der Waals surface area contributed by atoms with E-state index in [-0.39, 0.29) is 36.7 Å². The second-order valence-corrected chi connectivity index (χ2v) is 6.84. The van der Waals surface area contributed by atoms with Crippen molar-refractivity contribution >= 4 is 11.9 Å². The molecule has 3 amide bonds. The summed E-state index contributed by atoms with van der Waals surface area (Å²) in [5.41, 5.74) is 0. The number of ether oxygens (including phenoxy) is 1. The maximum absolute atomic E-state index is 12.0. The number of nitrogens with one attached hydrogen (secondary N) is 2. The van der Waals surface area contributed by atoms with Gasteiger partial charge in [-0.3, -0.25) is 15.0 Å². The molecular formula is C16H29N3O3. The van der Waals surface area contributed by atoms with Crippen molar-refractivity contribution in [2.24, 2.45) is 5.92 Å². The van der Waals surface area contributed by atoms with Crippen LogP contribution in [-0.4, -0.2) is 54.7 Å². The monoisotopic (exact) mass is 311 g/mol. The highest BCUT2D eigenvalue weighted by Crippen LogP contribution is 2.23. The molecule has 2 fully saturated rings. The van der Waals surface area contributed by atoms with Crippen molar-refractivity contribution in [3.05, 3.63) is 0 Å². The predicted octanol–water partition coefficient (Wildman–Crippen LogP) is 1.50. The van der Waals surface area contributed by atoms with E-state index in [1.165, 1.54) is 6.42 Å². The van der Waals surface area contributed by atoms with Crippen LogP contribution in [0.5, 0.6) is 0 Å². The van der Waals surface area contributed by atoms with Crippen LogP contribution in [0.15, 0.2) is 0 Å². The van der Waals surface area contributed by atoms with Gasteiger partial charge in [-0.25, -0.2) is 4.79 Å². The third-order valence-corrected chi connectivity index (χ3v) is 4.54. The molecule has 6 heteroatoms. The largest absolute Gasteiger partial charge is 0.373 e. The lowest BCUT2D eigenvalue weighted by atomic mass is 9.86. The minimum absolute atomic E-state index is 0.119. The van der Waals surface area contributed by atoms with Gasteiger partial charge in [0.05, 0.1) is 18.8 Å². The molecule has 1 heterocycles. The standard InChI is InChI=1S/C16H29N3O3/c1-11-6-4-5-7-14(11)17-16(21)18-15(20)10-19-8-12(2)22-13(3)9-19/h11-14H,4-10H2,1-3H3,(H2,17,18,20,21). The van der Waals surface area contributed by atoms with Gasteiger partial charge in [0.25, 0.3) is 0 Å². The van der Waals surface area contributed by atoms with Crippen LogP contribution in [0.4, 0.5) is 4.79 Å². The van der Waals surface area contributed by atoms with Crippen LogP contribution < -0.4 is 10.6 Å². The minimum atomic E-state index is -0.363. The van der Waals surface area contributed by atoms with Gasteiger partial charge in [-0.1, -0.05) is 19.8 Å². The van der Waals surface area contributed by atoms with Crippen molar-refractivity contribution in [1.82, 2.24) is 15.5 Å². The molecule has 1 saturated carbocycles. The zero-order chi connectivity index (χ0) is 16.1. The van der Waals surface area contributed by atoms with Crippen LogP contribution in [0, 0.1) is 5.92 Å². The van der Waals surface area contributed by atoms with Gasteiger partial charge in [0.15, 0.2) is 0 Å². The van der Waals surface area contributed by atoms with Gasteiger partial charge in [-0.05, 0) is 32.6 Å². The Kier molecular flexibility index (Phi) is 6.20. The molecule has 0 aromatic rings. The number of urea groups is 1. The molecular weight excluding hydrogens is 282 g/mol. The van der Waals surface area contributed by atoms with Gasteiger partial charge in [0, 0.05) is 19.1 Å². The number of amides is 3. The number of hydrogen-bond donors (Lipinski definition) is 2. The molecule has 0 spiro atoms. The van der Waals surface area contributed by atoms with Gasteiger partial charge >= 0.3 is 6.03 Å². The molecule has 0 aromatic heterocycles. The smallest absolute Gasteiger partial charge is 0.321 e. The Morgan fingerprint density at radius 1 is 1.09 bits per heavy atom. The fourth-order valence-electron chi connectivity index (χ4n) is 3.52. The number of carbonyl (C=O) groups is 2. The molecule has 126 valence electrons. The number of nitrogens with zero attached hydrogens (tertiary/aromatic N) is 1. The van der Waals surface area contributed by atoms with Crippen molar-refractivity contribution in [3.8, 4) is 0 Å². The van der Waals surface area contributed by atoms with Crippen molar-refractivity contribution in [2.75, 3.05) is 19.6 Å². The molecule has 2 aliphatic rings. The van der Waals surface area contributed by atoms with E-state index in [0.29, 0.717) is 5.92 Å². The first-order valence-electron chi connectivity index (χ1n) is 8.42. The molecule has 4 atom stereocenters. The van der Waals surface area contributed by atoms with Gasteiger partial charge < -0.3 is 10.1 Å². The average molecular weight is 311 g/mol. The van der Waals surface area contributed by atoms with Gasteiger partial charge in [0.2, 0.25) is 5.91 Å². The van der Waals surface area contributed by atoms with Crippen LogP contribution in [0.2, 0.25) is 0 Å². The molecule has 2 rings (SSSR count). The Morgan fingerprint density at radius 3 is 2.36 bits per heavy atom. The van der Waals surface area contributed by atoms with Crippen LogP contribution in [-0.2, 0) is 9.53 Å². The van der Waals surface area contributed by atoms with E-state index < -0.39 is 0 Å². The highest BCUT2D eigenvalue weighted by Gasteiger charge is 2.26. The molecule has 0 bridgehead atoms. The lowest BCUT2D eigenvalue weighted by molar-refractivity contribution is -0.124. The highest BCUT2D eigenvalue weighted by molar-refractivity contribution is 5.95. The Labute approximate surface area is 132 Å². The van der Waals surface area contributed by atoms with E-state index >= 15 is 0 Å². The summed E-state index contributed by atoms with van der Waals surface area (Å²) in [7, 11) is 0. The van der Waals surface area contributed by atoms with Gasteiger partial charge in [0.1, 0.15) is 0 Å². The zero-order valence-corrected chi connectivity index (χ0v) is 13.9. The number of imide groups is 1. The summed E-state index contributed by atoms with van der Waals surface area (Å²) in [5, 5.41) is 5.39. The van der Waals surface area contributed by atoms with E-state index in [2.05, 4.69) is 17.6 Å². The maximum atomic E-state index is 12.0. The second kappa shape index (κ2) is 7.92. The fourth-order valence-corrected chi connectivity index (χ4v) is 3.52. The van der Waals surface area contributed by atoms with Gasteiger partial charge in [-0.15, -0.1) is 0 Å². The summed E-state index contributed by atoms with van der Waals surface area (Å²) < 4.78 is 5.64. The second-order valence-electron chi connectivity index (χ2n) is 6.84. The Bertz CT molecular complexity index is 392. The number of rotatable bonds is 3. The molecule has 1 aliphatic carbocycles. The van der Waals surface area contributed by atoms with Crippen molar-refractivity contribution in [2.45, 2.75) is 64.7 Å². The fraction of sp³-hybridized carbons (Fsp3) is 0.875. The Morgan fingerprint density at radius 2 is 1.73 bits per heavy atom. The minimum Gasteiger partial charge on any atom is -0.373 e. The first-order chi connectivity index (χ1) is 10.4. The molecule has 0 aromatic carbocycles. The Balaban J connectivity index is 1.73. The highest BCUT2D eigenvalue weighted by atomic mass is 16.5. The predicted molar refractivity (Wildman–Crippen MR) is 84.5 cm³/mol. The lowest BCUT2D eigenvalue weighted by Crippen LogP contribution is -2.52. The van der Waals surface area contributed by atoms with E-state index in [1.54, 1.807) is 0 Å². The summed E-state index contributed by atoms with van der Waals surface area (Å²) in [4.78, 5) is 26.0. The third-order valence-electron chi connectivity index (χ3n) is 4.54. The van der Waals surface area contributed by atoms with Crippen LogP contribution >= 0.6 is 0 Å². The SMILES string of the molecule is CC1CN(CC(=O)NC(=O)NC2CCCCC2C)CC(C)O1. The molecule has 4 unspecified atom stereocenters. The van der Waals surface area contributed by atoms with Crippen LogP contribution in [0.25, 0.3) is 0 Å². The molecule has 22 heavy (non-hydrogen) atoms. The number of morpholine rings is 1. The molecule has 0 radical (unpaired) electrons. The lowest BCUT2D eigenvalue weighted by Gasteiger charge is -2.34. The van der Waals surface area contributed by atoms with E-state index in [9.17, 15) is 9.59 Å². The van der Waals surface area contributed by atoms with E-state index in [1.807, 2.05) is 18.7 Å². The summed E-state index contributed by atoms with van der Waals surface area (Å²) >= 11 is 0. The molecule has 6 nitrogen and oxygen atoms in total. The first kappa shape index (κ1) is 17.2. The quantitative estimate of drug-likeness (QED) is 0.828. The van der Waals surface area contributed by atoms with Crippen molar-refractivity contribution in [1.29, 1.82) is 0 Å². The summed E-state index contributed by atoms with van der Waals surface area (Å²) in [6.45, 7) is 7.83. The third kappa shape index (κ3) is 5.25. The maximum Gasteiger partial charge on any atom is 0.321 e. The summed E-state index contributed by atoms with van der Waals surface area (Å²) in [5.74, 6) is 0.234. The van der Waals surface area contributed by atoms with Crippen molar-refractivity contribution < 1.29 is 14.3 Å². The number of hydrogen-bond acceptors (Lipinski definition) is 4. The summed E-state index contributed by atoms with van der Waals surface area (Å²) in [6.07, 6.45) is 4.76. The van der Waals surface area contributed by atoms with Gasteiger partial charge in [-0.2, -0.15) is 0 Å². The topological polar surface area (TPSA) is 70.7 Å². The van der Waals surface area contributed by atoms with Crippen molar-refractivity contribution in [3.63, 3.8) is 0 Å².